The molecule has 0 saturated heterocycles. The highest BCUT2D eigenvalue weighted by Gasteiger charge is 2.22. The molecule has 0 fully saturated rings. The van der Waals surface area contributed by atoms with Crippen LogP contribution >= 0.6 is 22.6 Å². The maximum Gasteiger partial charge on any atom is 0.256 e. The van der Waals surface area contributed by atoms with Crippen molar-refractivity contribution in [3.63, 3.8) is 0 Å². The summed E-state index contributed by atoms with van der Waals surface area (Å²) in [4.78, 5) is 24.7. The van der Waals surface area contributed by atoms with Crippen LogP contribution in [0.4, 0.5) is 15.9 Å². The summed E-state index contributed by atoms with van der Waals surface area (Å²) < 4.78 is 21.9. The number of nitrogens with zero attached hydrogens (tertiary/aromatic N) is 1. The Balaban J connectivity index is 2.17. The number of carbonyl (C=O) groups is 1. The third kappa shape index (κ3) is 4.19. The van der Waals surface area contributed by atoms with Crippen LogP contribution in [0.15, 0.2) is 47.3 Å². The SMILES string of the molecule is Cc1c(O)cccc1Oc1cc(=O)n(C)c(Nc2ccc(I)cc2F)c1C(N)=O. The summed E-state index contributed by atoms with van der Waals surface area (Å²) in [6.07, 6.45) is 0. The topological polar surface area (TPSA) is 107 Å². The molecule has 1 aromatic heterocycles. The molecule has 0 aliphatic carbocycles. The average Bonchev–Trinajstić information content (AvgIpc) is 2.64. The number of halogens is 2. The van der Waals surface area contributed by atoms with E-state index < -0.39 is 17.3 Å². The Morgan fingerprint density at radius 3 is 2.62 bits per heavy atom. The van der Waals surface area contributed by atoms with Gasteiger partial charge < -0.3 is 20.9 Å². The van der Waals surface area contributed by atoms with Crippen LogP contribution in [0.5, 0.6) is 17.2 Å². The Hall–Kier alpha value is -3.08. The minimum absolute atomic E-state index is 0.00809. The molecular weight excluding hydrogens is 492 g/mol. The van der Waals surface area contributed by atoms with E-state index in [9.17, 15) is 19.1 Å². The number of benzene rings is 2. The smallest absolute Gasteiger partial charge is 0.256 e. The predicted octanol–water partition coefficient (Wildman–Crippen LogP) is 3.78. The Bertz CT molecular complexity index is 1180. The van der Waals surface area contributed by atoms with Crippen LogP contribution in [0, 0.1) is 16.3 Å². The first-order valence-electron chi connectivity index (χ1n) is 8.41. The summed E-state index contributed by atoms with van der Waals surface area (Å²) in [6, 6.07) is 10.2. The lowest BCUT2D eigenvalue weighted by Crippen LogP contribution is -2.25. The van der Waals surface area contributed by atoms with Crippen LogP contribution in [-0.2, 0) is 7.05 Å². The summed E-state index contributed by atoms with van der Waals surface area (Å²) in [7, 11) is 1.42. The van der Waals surface area contributed by atoms with Gasteiger partial charge >= 0.3 is 0 Å². The Kier molecular flexibility index (Phi) is 5.78. The standard InChI is InChI=1S/C20H17FIN3O4/c1-10-14(26)4-3-5-15(10)29-16-9-17(27)25(2)20(18(16)19(23)28)24-13-7-6-11(22)8-12(13)21/h3-9,24,26H,1-2H3,(H2,23,28). The highest BCUT2D eigenvalue weighted by Crippen LogP contribution is 2.34. The lowest BCUT2D eigenvalue weighted by molar-refractivity contribution is 0.0998. The van der Waals surface area contributed by atoms with Crippen LogP contribution in [0.2, 0.25) is 0 Å². The summed E-state index contributed by atoms with van der Waals surface area (Å²) in [5.74, 6) is -1.32. The maximum atomic E-state index is 14.3. The summed E-state index contributed by atoms with van der Waals surface area (Å²) in [5, 5.41) is 12.6. The quantitative estimate of drug-likeness (QED) is 0.454. The number of pyridine rings is 1. The summed E-state index contributed by atoms with van der Waals surface area (Å²) in [5.41, 5.74) is 5.40. The van der Waals surface area contributed by atoms with Crippen LogP contribution in [0.3, 0.4) is 0 Å². The summed E-state index contributed by atoms with van der Waals surface area (Å²) in [6.45, 7) is 1.62. The van der Waals surface area contributed by atoms with E-state index in [1.807, 2.05) is 22.6 Å². The van der Waals surface area contributed by atoms with Crippen molar-refractivity contribution < 1.29 is 19.0 Å². The van der Waals surface area contributed by atoms with Crippen molar-refractivity contribution in [2.24, 2.45) is 12.8 Å². The fourth-order valence-corrected chi connectivity index (χ4v) is 3.14. The number of phenols is 1. The first-order chi connectivity index (χ1) is 13.7. The molecule has 0 radical (unpaired) electrons. The van der Waals surface area contributed by atoms with Gasteiger partial charge in [0.15, 0.2) is 0 Å². The molecule has 0 atom stereocenters. The minimum atomic E-state index is -0.873. The normalized spacial score (nSPS) is 10.6. The number of carbonyl (C=O) groups excluding carboxylic acids is 1. The van der Waals surface area contributed by atoms with E-state index in [0.717, 1.165) is 10.6 Å². The molecule has 7 nitrogen and oxygen atoms in total. The molecule has 3 aromatic rings. The number of anilines is 2. The zero-order valence-electron chi connectivity index (χ0n) is 15.5. The van der Waals surface area contributed by atoms with Crippen LogP contribution in [-0.4, -0.2) is 15.6 Å². The molecule has 0 aliphatic heterocycles. The molecule has 150 valence electrons. The van der Waals surface area contributed by atoms with Crippen molar-refractivity contribution in [2.75, 3.05) is 5.32 Å². The zero-order valence-corrected chi connectivity index (χ0v) is 17.7. The number of nitrogens with two attached hydrogens (primary N) is 1. The Morgan fingerprint density at radius 2 is 1.97 bits per heavy atom. The van der Waals surface area contributed by atoms with Gasteiger partial charge in [-0.2, -0.15) is 0 Å². The van der Waals surface area contributed by atoms with Gasteiger partial charge in [-0.05, 0) is 59.8 Å². The number of rotatable bonds is 5. The number of primary amides is 1. The van der Waals surface area contributed by atoms with E-state index in [4.69, 9.17) is 10.5 Å². The molecular formula is C20H17FIN3O4. The second kappa shape index (κ2) is 8.11. The van der Waals surface area contributed by atoms with Gasteiger partial charge in [-0.1, -0.05) is 6.07 Å². The third-order valence-corrected chi connectivity index (χ3v) is 4.98. The molecule has 3 rings (SSSR count). The third-order valence-electron chi connectivity index (χ3n) is 4.31. The van der Waals surface area contributed by atoms with Crippen LogP contribution < -0.4 is 21.3 Å². The molecule has 1 amide bonds. The molecule has 4 N–H and O–H groups in total. The number of phenolic OH excluding ortho intramolecular Hbond substituents is 1. The van der Waals surface area contributed by atoms with Gasteiger partial charge in [-0.25, -0.2) is 4.39 Å². The first kappa shape index (κ1) is 20.6. The van der Waals surface area contributed by atoms with Crippen molar-refractivity contribution in [3.8, 4) is 17.2 Å². The van der Waals surface area contributed by atoms with Gasteiger partial charge in [0.25, 0.3) is 11.5 Å². The fraction of sp³-hybridized carbons (Fsp3) is 0.100. The van der Waals surface area contributed by atoms with Crippen molar-refractivity contribution in [3.05, 3.63) is 73.3 Å². The van der Waals surface area contributed by atoms with E-state index in [1.54, 1.807) is 25.1 Å². The molecule has 0 unspecified atom stereocenters. The van der Waals surface area contributed by atoms with E-state index in [-0.39, 0.29) is 34.3 Å². The molecule has 0 aliphatic rings. The summed E-state index contributed by atoms with van der Waals surface area (Å²) >= 11 is 1.97. The van der Waals surface area contributed by atoms with Crippen molar-refractivity contribution >= 4 is 40.0 Å². The van der Waals surface area contributed by atoms with E-state index in [1.165, 1.54) is 25.2 Å². The Labute approximate surface area is 179 Å². The first-order valence-corrected chi connectivity index (χ1v) is 9.49. The number of nitrogens with one attached hydrogen (secondary N) is 1. The lowest BCUT2D eigenvalue weighted by Gasteiger charge is -2.19. The van der Waals surface area contributed by atoms with Crippen molar-refractivity contribution in [1.82, 2.24) is 4.57 Å². The van der Waals surface area contributed by atoms with Gasteiger partial charge in [0.05, 0.1) is 5.69 Å². The predicted molar refractivity (Wildman–Crippen MR) is 116 cm³/mol. The Morgan fingerprint density at radius 1 is 1.24 bits per heavy atom. The van der Waals surface area contributed by atoms with E-state index in [0.29, 0.717) is 9.13 Å². The maximum absolute atomic E-state index is 14.3. The van der Waals surface area contributed by atoms with E-state index in [2.05, 4.69) is 5.32 Å². The molecule has 0 spiro atoms. The molecule has 9 heteroatoms. The number of aromatic hydroxyl groups is 1. The van der Waals surface area contributed by atoms with Gasteiger partial charge in [0.2, 0.25) is 0 Å². The van der Waals surface area contributed by atoms with Crippen molar-refractivity contribution in [2.45, 2.75) is 6.92 Å². The van der Waals surface area contributed by atoms with E-state index >= 15 is 0 Å². The molecule has 0 saturated carbocycles. The van der Waals surface area contributed by atoms with Crippen molar-refractivity contribution in [1.29, 1.82) is 0 Å². The number of aromatic nitrogens is 1. The largest absolute Gasteiger partial charge is 0.508 e. The monoisotopic (exact) mass is 509 g/mol. The van der Waals surface area contributed by atoms with Gasteiger partial charge in [-0.15, -0.1) is 0 Å². The number of ether oxygens (including phenoxy) is 1. The second-order valence-electron chi connectivity index (χ2n) is 6.25. The fourth-order valence-electron chi connectivity index (χ4n) is 2.69. The number of hydrogen-bond donors (Lipinski definition) is 3. The molecule has 0 bridgehead atoms. The zero-order chi connectivity index (χ0) is 21.3. The van der Waals surface area contributed by atoms with Crippen LogP contribution in [0.25, 0.3) is 0 Å². The highest BCUT2D eigenvalue weighted by atomic mass is 127. The highest BCUT2D eigenvalue weighted by molar-refractivity contribution is 14.1. The molecule has 29 heavy (non-hydrogen) atoms. The number of hydrogen-bond acceptors (Lipinski definition) is 5. The average molecular weight is 509 g/mol. The van der Waals surface area contributed by atoms with Gasteiger partial charge in [-0.3, -0.25) is 14.2 Å². The van der Waals surface area contributed by atoms with Crippen LogP contribution in [0.1, 0.15) is 15.9 Å². The van der Waals surface area contributed by atoms with Gasteiger partial charge in [0, 0.05) is 22.2 Å². The molecule has 1 heterocycles. The molecule has 2 aromatic carbocycles. The van der Waals surface area contributed by atoms with Gasteiger partial charge in [0.1, 0.15) is 34.4 Å². The number of amides is 1. The lowest BCUT2D eigenvalue weighted by atomic mass is 10.1. The second-order valence-corrected chi connectivity index (χ2v) is 7.49. The minimum Gasteiger partial charge on any atom is -0.508 e.